The minimum Gasteiger partial charge on any atom is -0.481 e. The van der Waals surface area contributed by atoms with Crippen LogP contribution in [0.3, 0.4) is 0 Å². The Labute approximate surface area is 333 Å². The summed E-state index contributed by atoms with van der Waals surface area (Å²) in [4.78, 5) is 78.2. The Kier molecular flexibility index (Phi) is 20.5. The number of nitrogens with two attached hydrogens (primary N) is 2. The number of aromatic nitrogens is 4. The summed E-state index contributed by atoms with van der Waals surface area (Å²) in [6.07, 6.45) is 17.3. The van der Waals surface area contributed by atoms with Gasteiger partial charge in [0.15, 0.2) is 17.0 Å². The molecule has 1 aromatic carbocycles. The van der Waals surface area contributed by atoms with Crippen LogP contribution in [0.2, 0.25) is 0 Å². The number of carbonyl (C=O) groups is 5. The second-order valence-electron chi connectivity index (χ2n) is 14.2. The summed E-state index contributed by atoms with van der Waals surface area (Å²) in [7, 11) is 1.83. The third-order valence-corrected chi connectivity index (χ3v) is 9.44. The largest absolute Gasteiger partial charge is 0.481 e. The maximum Gasteiger partial charge on any atom is 0.326 e. The van der Waals surface area contributed by atoms with E-state index in [9.17, 15) is 29.1 Å². The molecule has 17 nitrogen and oxygen atoms in total. The number of aliphatic carboxylic acids is 2. The number of nitrogens with zero attached hydrogens (tertiary/aromatic N) is 5. The SMILES string of the molecule is CN(Cc1cnc2nc(N)nc(N)c2n1)c1ccc(C(=O)N[C@@H](CCC(=O)NCCOC(=O)CCCCCCCCCCCCCCCCC(=O)O)C(=O)O)cc1. The minimum absolute atomic E-state index is 0.00832. The lowest BCUT2D eigenvalue weighted by atomic mass is 10.0. The van der Waals surface area contributed by atoms with Crippen LogP contribution in [-0.4, -0.2) is 86.1 Å². The highest BCUT2D eigenvalue weighted by Crippen LogP contribution is 2.19. The van der Waals surface area contributed by atoms with Crippen molar-refractivity contribution in [3.05, 3.63) is 41.7 Å². The fourth-order valence-electron chi connectivity index (χ4n) is 6.22. The third kappa shape index (κ3) is 18.3. The van der Waals surface area contributed by atoms with Crippen LogP contribution in [0.15, 0.2) is 30.5 Å². The first-order valence-corrected chi connectivity index (χ1v) is 20.0. The van der Waals surface area contributed by atoms with Gasteiger partial charge in [-0.3, -0.25) is 19.2 Å². The highest BCUT2D eigenvalue weighted by Gasteiger charge is 2.22. The fraction of sp³-hybridized carbons (Fsp3) is 0.575. The van der Waals surface area contributed by atoms with E-state index in [1.54, 1.807) is 30.5 Å². The molecule has 0 radical (unpaired) electrons. The predicted octanol–water partition coefficient (Wildman–Crippen LogP) is 5.17. The number of unbranched alkanes of at least 4 members (excludes halogenated alkanes) is 13. The Morgan fingerprint density at radius 3 is 1.93 bits per heavy atom. The van der Waals surface area contributed by atoms with Gasteiger partial charge in [0, 0.05) is 37.6 Å². The number of hydrogen-bond donors (Lipinski definition) is 6. The monoisotopic (exact) mass is 793 g/mol. The molecule has 0 bridgehead atoms. The summed E-state index contributed by atoms with van der Waals surface area (Å²) >= 11 is 0. The van der Waals surface area contributed by atoms with Gasteiger partial charge in [-0.25, -0.2) is 14.8 Å². The van der Waals surface area contributed by atoms with E-state index >= 15 is 0 Å². The van der Waals surface area contributed by atoms with Crippen LogP contribution in [0.25, 0.3) is 11.2 Å². The van der Waals surface area contributed by atoms with E-state index < -0.39 is 29.8 Å². The van der Waals surface area contributed by atoms with Crippen LogP contribution < -0.4 is 27.0 Å². The number of hydrogen-bond acceptors (Lipinski definition) is 13. The zero-order chi connectivity index (χ0) is 41.4. The quantitative estimate of drug-likeness (QED) is 0.0391. The van der Waals surface area contributed by atoms with Crippen molar-refractivity contribution in [1.82, 2.24) is 30.6 Å². The van der Waals surface area contributed by atoms with Crippen molar-refractivity contribution >= 4 is 58.3 Å². The lowest BCUT2D eigenvalue weighted by Crippen LogP contribution is -2.41. The topological polar surface area (TPSA) is 266 Å². The van der Waals surface area contributed by atoms with Gasteiger partial charge in [-0.1, -0.05) is 77.0 Å². The molecule has 1 atom stereocenters. The highest BCUT2D eigenvalue weighted by molar-refractivity contribution is 5.97. The molecule has 3 rings (SSSR count). The van der Waals surface area contributed by atoms with Crippen LogP contribution in [0.4, 0.5) is 17.5 Å². The van der Waals surface area contributed by atoms with Crippen molar-refractivity contribution in [3.8, 4) is 0 Å². The average Bonchev–Trinajstić information content (AvgIpc) is 3.17. The fourth-order valence-corrected chi connectivity index (χ4v) is 6.22. The van der Waals surface area contributed by atoms with Crippen LogP contribution in [0.1, 0.15) is 132 Å². The van der Waals surface area contributed by atoms with Gasteiger partial charge in [-0.2, -0.15) is 9.97 Å². The number of benzene rings is 1. The molecule has 0 aliphatic heterocycles. The molecule has 0 unspecified atom stereocenters. The molecule has 0 saturated heterocycles. The van der Waals surface area contributed by atoms with Crippen LogP contribution in [0, 0.1) is 0 Å². The lowest BCUT2D eigenvalue weighted by Gasteiger charge is -2.19. The Balaban J connectivity index is 1.22. The van der Waals surface area contributed by atoms with E-state index in [0.717, 1.165) is 50.6 Å². The summed E-state index contributed by atoms with van der Waals surface area (Å²) in [5.74, 6) is -3.17. The van der Waals surface area contributed by atoms with Gasteiger partial charge in [0.1, 0.15) is 12.6 Å². The number of carbonyl (C=O) groups excluding carboxylic acids is 3. The van der Waals surface area contributed by atoms with E-state index in [1.165, 1.54) is 44.9 Å². The normalized spacial score (nSPS) is 11.5. The number of rotatable bonds is 29. The van der Waals surface area contributed by atoms with Gasteiger partial charge in [0.25, 0.3) is 5.91 Å². The van der Waals surface area contributed by atoms with Crippen molar-refractivity contribution in [2.75, 3.05) is 36.6 Å². The first-order valence-electron chi connectivity index (χ1n) is 20.0. The number of anilines is 3. The second kappa shape index (κ2) is 25.5. The lowest BCUT2D eigenvalue weighted by molar-refractivity contribution is -0.144. The first-order chi connectivity index (χ1) is 27.4. The molecule has 0 saturated carbocycles. The molecule has 8 N–H and O–H groups in total. The molecule has 0 fully saturated rings. The molecular formula is C40H59N9O8. The molecule has 3 aromatic rings. The number of amides is 2. The van der Waals surface area contributed by atoms with E-state index in [1.807, 2.05) is 11.9 Å². The van der Waals surface area contributed by atoms with Gasteiger partial charge in [-0.05, 0) is 43.5 Å². The van der Waals surface area contributed by atoms with E-state index in [4.69, 9.17) is 21.3 Å². The van der Waals surface area contributed by atoms with Crippen LogP contribution >= 0.6 is 0 Å². The smallest absolute Gasteiger partial charge is 0.326 e. The summed E-state index contributed by atoms with van der Waals surface area (Å²) in [5.41, 5.74) is 13.8. The standard InChI is InChI=1S/C40H59N9O8/c1-49(27-29-26-44-37-35(45-29)36(41)47-40(42)48-37)30-20-18-28(19-21-30)38(54)46-31(39(55)56)22-23-32(50)43-24-25-57-34(53)17-15-13-11-9-7-5-3-2-4-6-8-10-12-14-16-33(51)52/h18-21,26,31H,2-17,22-25,27H2,1H3,(H,43,50)(H,46,54)(H,51,52)(H,55,56)(H4,41,42,44,47,48)/t31-/m0/s1. The molecule has 2 heterocycles. The first kappa shape index (κ1) is 45.8. The summed E-state index contributed by atoms with van der Waals surface area (Å²) < 4.78 is 5.21. The number of ether oxygens (including phenoxy) is 1. The van der Waals surface area contributed by atoms with Gasteiger partial charge in [0.2, 0.25) is 11.9 Å². The number of nitrogen functional groups attached to an aromatic ring is 2. The minimum atomic E-state index is -1.29. The van der Waals surface area contributed by atoms with Gasteiger partial charge in [-0.15, -0.1) is 0 Å². The van der Waals surface area contributed by atoms with Crippen molar-refractivity contribution in [3.63, 3.8) is 0 Å². The van der Waals surface area contributed by atoms with Crippen molar-refractivity contribution < 1.29 is 38.9 Å². The van der Waals surface area contributed by atoms with E-state index in [0.29, 0.717) is 29.8 Å². The number of carboxylic acids is 2. The number of carboxylic acid groups (broad SMARTS) is 2. The molecule has 2 amide bonds. The molecule has 312 valence electrons. The molecular weight excluding hydrogens is 734 g/mol. The van der Waals surface area contributed by atoms with Gasteiger partial charge >= 0.3 is 17.9 Å². The molecule has 57 heavy (non-hydrogen) atoms. The van der Waals surface area contributed by atoms with Crippen LogP contribution in [-0.2, 0) is 30.5 Å². The Morgan fingerprint density at radius 1 is 0.772 bits per heavy atom. The van der Waals surface area contributed by atoms with Gasteiger partial charge < -0.3 is 42.0 Å². The highest BCUT2D eigenvalue weighted by atomic mass is 16.5. The average molecular weight is 794 g/mol. The molecule has 17 heteroatoms. The maximum atomic E-state index is 12.9. The van der Waals surface area contributed by atoms with Crippen LogP contribution in [0.5, 0.6) is 0 Å². The number of fused-ring (bicyclic) bond motifs is 1. The molecule has 0 spiro atoms. The van der Waals surface area contributed by atoms with Crippen molar-refractivity contribution in [2.24, 2.45) is 0 Å². The molecule has 0 aliphatic carbocycles. The summed E-state index contributed by atoms with van der Waals surface area (Å²) in [6.45, 7) is 0.483. The predicted molar refractivity (Wildman–Crippen MR) is 216 cm³/mol. The van der Waals surface area contributed by atoms with E-state index in [-0.39, 0.29) is 55.7 Å². The number of esters is 1. The maximum absolute atomic E-state index is 12.9. The van der Waals surface area contributed by atoms with Crippen molar-refractivity contribution in [2.45, 2.75) is 128 Å². The van der Waals surface area contributed by atoms with E-state index in [2.05, 4.69) is 30.6 Å². The number of nitrogens with one attached hydrogen (secondary N) is 2. The summed E-state index contributed by atoms with van der Waals surface area (Å²) in [6, 6.07) is 5.28. The molecule has 0 aliphatic rings. The Morgan fingerprint density at radius 2 is 1.35 bits per heavy atom. The third-order valence-electron chi connectivity index (χ3n) is 9.44. The summed E-state index contributed by atoms with van der Waals surface area (Å²) in [5, 5.41) is 23.4. The zero-order valence-corrected chi connectivity index (χ0v) is 33.0. The van der Waals surface area contributed by atoms with Gasteiger partial charge in [0.05, 0.1) is 25.0 Å². The zero-order valence-electron chi connectivity index (χ0n) is 33.0. The van der Waals surface area contributed by atoms with Crippen molar-refractivity contribution in [1.29, 1.82) is 0 Å². The Hall–Kier alpha value is -5.61. The second-order valence-corrected chi connectivity index (χ2v) is 14.2. The molecule has 2 aromatic heterocycles. The Bertz CT molecular complexity index is 1740.